The van der Waals surface area contributed by atoms with Crippen LogP contribution in [0.15, 0.2) is 11.2 Å². The Morgan fingerprint density at radius 1 is 1.39 bits per heavy atom. The SMILES string of the molecule is Cc1cc(C)[n+](C)c(SCC(=O)OCCOCCC[SiH](C)O)n1. The molecule has 0 amide bonds. The van der Waals surface area contributed by atoms with Gasteiger partial charge in [0.15, 0.2) is 14.7 Å². The van der Waals surface area contributed by atoms with Crippen LogP contribution in [0.5, 0.6) is 0 Å². The minimum atomic E-state index is -1.47. The Morgan fingerprint density at radius 2 is 2.13 bits per heavy atom. The summed E-state index contributed by atoms with van der Waals surface area (Å²) in [6.45, 7) is 7.10. The van der Waals surface area contributed by atoms with Crippen molar-refractivity contribution in [3.05, 3.63) is 17.5 Å². The van der Waals surface area contributed by atoms with Crippen molar-refractivity contribution in [3.8, 4) is 0 Å². The summed E-state index contributed by atoms with van der Waals surface area (Å²) in [5, 5.41) is 0.804. The van der Waals surface area contributed by atoms with E-state index in [1.165, 1.54) is 11.8 Å². The molecule has 0 aromatic carbocycles. The fraction of sp³-hybridized carbons (Fsp3) is 0.667. The Kier molecular flexibility index (Phi) is 9.38. The lowest BCUT2D eigenvalue weighted by Crippen LogP contribution is -2.36. The zero-order chi connectivity index (χ0) is 17.2. The Balaban J connectivity index is 2.18. The fourth-order valence-electron chi connectivity index (χ4n) is 1.90. The quantitative estimate of drug-likeness (QED) is 0.167. The van der Waals surface area contributed by atoms with Gasteiger partial charge in [-0.2, -0.15) is 0 Å². The Bertz CT molecular complexity index is 514. The number of hydrogen-bond acceptors (Lipinski definition) is 6. The van der Waals surface area contributed by atoms with Crippen molar-refractivity contribution >= 4 is 26.8 Å². The summed E-state index contributed by atoms with van der Waals surface area (Å²) >= 11 is 1.37. The highest BCUT2D eigenvalue weighted by molar-refractivity contribution is 7.99. The first kappa shape index (κ1) is 20.1. The minimum Gasteiger partial charge on any atom is -0.463 e. The average Bonchev–Trinajstić information content (AvgIpc) is 2.48. The lowest BCUT2D eigenvalue weighted by atomic mass is 10.3. The molecule has 1 atom stereocenters. The van der Waals surface area contributed by atoms with Crippen molar-refractivity contribution in [1.29, 1.82) is 0 Å². The molecule has 23 heavy (non-hydrogen) atoms. The molecule has 1 aromatic heterocycles. The molecule has 0 fully saturated rings. The van der Waals surface area contributed by atoms with E-state index in [4.69, 9.17) is 9.47 Å². The normalized spacial score (nSPS) is 12.2. The van der Waals surface area contributed by atoms with Gasteiger partial charge in [-0.15, -0.1) is 0 Å². The highest BCUT2D eigenvalue weighted by Crippen LogP contribution is 2.12. The highest BCUT2D eigenvalue weighted by atomic mass is 32.2. The molecule has 0 aliphatic heterocycles. The molecule has 0 saturated carbocycles. The van der Waals surface area contributed by atoms with Crippen LogP contribution in [0.4, 0.5) is 0 Å². The summed E-state index contributed by atoms with van der Waals surface area (Å²) in [5.74, 6) is -0.0341. The molecule has 6 nitrogen and oxygen atoms in total. The van der Waals surface area contributed by atoms with E-state index in [1.807, 2.05) is 38.1 Å². The highest BCUT2D eigenvalue weighted by Gasteiger charge is 2.16. The molecule has 1 heterocycles. The van der Waals surface area contributed by atoms with Crippen LogP contribution in [-0.2, 0) is 21.3 Å². The molecule has 0 spiro atoms. The summed E-state index contributed by atoms with van der Waals surface area (Å²) < 4.78 is 12.4. The molecule has 1 N–H and O–H groups in total. The number of thioether (sulfide) groups is 1. The fourth-order valence-corrected chi connectivity index (χ4v) is 3.53. The zero-order valence-electron chi connectivity index (χ0n) is 14.4. The van der Waals surface area contributed by atoms with Gasteiger partial charge in [0, 0.05) is 19.6 Å². The number of ether oxygens (including phenoxy) is 2. The Morgan fingerprint density at radius 3 is 2.83 bits per heavy atom. The van der Waals surface area contributed by atoms with E-state index in [0.717, 1.165) is 29.0 Å². The van der Waals surface area contributed by atoms with Crippen molar-refractivity contribution in [2.75, 3.05) is 25.6 Å². The molecular formula is C15H27N2O4SSi+. The van der Waals surface area contributed by atoms with E-state index in [0.29, 0.717) is 13.2 Å². The third-order valence-electron chi connectivity index (χ3n) is 3.23. The summed E-state index contributed by atoms with van der Waals surface area (Å²) in [5.41, 5.74) is 2.03. The number of carbonyl (C=O) groups excluding carboxylic acids is 1. The predicted molar refractivity (Wildman–Crippen MR) is 92.0 cm³/mol. The van der Waals surface area contributed by atoms with Gasteiger partial charge in [0.2, 0.25) is 0 Å². The monoisotopic (exact) mass is 359 g/mol. The second kappa shape index (κ2) is 10.7. The number of aromatic nitrogens is 2. The van der Waals surface area contributed by atoms with Gasteiger partial charge in [0.1, 0.15) is 18.1 Å². The largest absolute Gasteiger partial charge is 0.463 e. The van der Waals surface area contributed by atoms with Gasteiger partial charge in [0.25, 0.3) is 0 Å². The summed E-state index contributed by atoms with van der Waals surface area (Å²) in [6, 6.07) is 2.86. The number of rotatable bonds is 10. The molecule has 0 aliphatic rings. The smallest absolute Gasteiger partial charge is 0.359 e. The maximum Gasteiger partial charge on any atom is 0.359 e. The lowest BCUT2D eigenvalue weighted by Gasteiger charge is -2.06. The minimum absolute atomic E-state index is 0.233. The van der Waals surface area contributed by atoms with E-state index < -0.39 is 9.04 Å². The number of nitrogens with zero attached hydrogens (tertiary/aromatic N) is 2. The van der Waals surface area contributed by atoms with Crippen LogP contribution in [-0.4, -0.2) is 50.4 Å². The van der Waals surface area contributed by atoms with E-state index in [2.05, 4.69) is 4.98 Å². The molecule has 0 radical (unpaired) electrons. The van der Waals surface area contributed by atoms with Crippen LogP contribution in [0, 0.1) is 13.8 Å². The predicted octanol–water partition coefficient (Wildman–Crippen LogP) is 0.911. The Hall–Kier alpha value is -0.963. The molecule has 0 bridgehead atoms. The maximum atomic E-state index is 11.7. The van der Waals surface area contributed by atoms with Crippen LogP contribution < -0.4 is 4.57 Å². The lowest BCUT2D eigenvalue weighted by molar-refractivity contribution is -0.719. The van der Waals surface area contributed by atoms with Crippen LogP contribution in [0.1, 0.15) is 17.8 Å². The van der Waals surface area contributed by atoms with Crippen LogP contribution in [0.2, 0.25) is 12.6 Å². The third kappa shape index (κ3) is 8.45. The molecule has 1 aromatic rings. The summed E-state index contributed by atoms with van der Waals surface area (Å²) in [7, 11) is 0.457. The molecule has 8 heteroatoms. The topological polar surface area (TPSA) is 72.5 Å². The zero-order valence-corrected chi connectivity index (χ0v) is 16.3. The number of esters is 1. The second-order valence-electron chi connectivity index (χ2n) is 5.49. The molecule has 0 saturated heterocycles. The molecule has 0 aliphatic carbocycles. The molecule has 1 rings (SSSR count). The van der Waals surface area contributed by atoms with E-state index in [1.54, 1.807) is 0 Å². The van der Waals surface area contributed by atoms with Gasteiger partial charge in [-0.1, -0.05) is 0 Å². The first-order valence-corrected chi connectivity index (χ1v) is 11.3. The van der Waals surface area contributed by atoms with E-state index in [9.17, 15) is 9.59 Å². The number of aryl methyl sites for hydroxylation is 2. The van der Waals surface area contributed by atoms with Crippen LogP contribution in [0.3, 0.4) is 0 Å². The average molecular weight is 360 g/mol. The van der Waals surface area contributed by atoms with Gasteiger partial charge >= 0.3 is 11.1 Å². The van der Waals surface area contributed by atoms with Gasteiger partial charge < -0.3 is 14.3 Å². The number of carbonyl (C=O) groups is 1. The van der Waals surface area contributed by atoms with Crippen molar-refractivity contribution in [2.24, 2.45) is 7.05 Å². The summed E-state index contributed by atoms with van der Waals surface area (Å²) in [4.78, 5) is 25.4. The molecule has 1 unspecified atom stereocenters. The molecule has 130 valence electrons. The Labute approximate surface area is 144 Å². The first-order chi connectivity index (χ1) is 10.9. The van der Waals surface area contributed by atoms with Gasteiger partial charge in [0.05, 0.1) is 13.7 Å². The van der Waals surface area contributed by atoms with Gasteiger partial charge in [-0.3, -0.25) is 4.79 Å². The van der Waals surface area contributed by atoms with Crippen LogP contribution in [0.25, 0.3) is 0 Å². The van der Waals surface area contributed by atoms with Crippen molar-refractivity contribution in [3.63, 3.8) is 0 Å². The van der Waals surface area contributed by atoms with Crippen molar-refractivity contribution < 1.29 is 23.6 Å². The van der Waals surface area contributed by atoms with E-state index >= 15 is 0 Å². The second-order valence-corrected chi connectivity index (χ2v) is 8.71. The van der Waals surface area contributed by atoms with Crippen molar-refractivity contribution in [1.82, 2.24) is 4.98 Å². The summed E-state index contributed by atoms with van der Waals surface area (Å²) in [6.07, 6.45) is 0.864. The number of hydrogen-bond donors (Lipinski definition) is 1. The van der Waals surface area contributed by atoms with E-state index in [-0.39, 0.29) is 18.3 Å². The first-order valence-electron chi connectivity index (χ1n) is 7.78. The third-order valence-corrected chi connectivity index (χ3v) is 5.47. The maximum absolute atomic E-state index is 11.7. The molecular weight excluding hydrogens is 332 g/mol. The van der Waals surface area contributed by atoms with Crippen LogP contribution >= 0.6 is 11.8 Å². The van der Waals surface area contributed by atoms with Gasteiger partial charge in [-0.25, -0.2) is 4.57 Å². The standard InChI is InChI=1S/C15H27N2O4SSi/c1-12-10-13(2)17(3)15(16-12)22-11-14(18)21-8-7-20-6-5-9-23(4)19/h10,19,23H,5-9,11H2,1-4H3/q+1. The van der Waals surface area contributed by atoms with Gasteiger partial charge in [-0.05, 0) is 42.7 Å². The van der Waals surface area contributed by atoms with Crippen molar-refractivity contribution in [2.45, 2.75) is 38.0 Å².